The van der Waals surface area contributed by atoms with Gasteiger partial charge < -0.3 is 9.84 Å². The number of ketones is 1. The number of hydrogen-bond donors (Lipinski definition) is 1. The molecule has 0 fully saturated rings. The highest BCUT2D eigenvalue weighted by Crippen LogP contribution is 2.05. The number of carbonyl (C=O) groups is 2. The van der Waals surface area contributed by atoms with E-state index < -0.39 is 5.97 Å². The Labute approximate surface area is 92.3 Å². The van der Waals surface area contributed by atoms with E-state index in [1.54, 1.807) is 0 Å². The maximum atomic E-state index is 10.9. The first kappa shape index (κ1) is 12.1. The standard InChI is InChI=1S/C10H12N2O4/c1-7(13)8-5-12-9(6-11-8)16-4-2-3-10(14)15/h5-6H,2-4H2,1H3,(H,14,15). The molecule has 0 radical (unpaired) electrons. The molecule has 0 atom stereocenters. The zero-order chi connectivity index (χ0) is 12.0. The SMILES string of the molecule is CC(=O)c1cnc(OCCCC(=O)O)cn1. The van der Waals surface area contributed by atoms with Crippen LogP contribution in [0.3, 0.4) is 0 Å². The Bertz CT molecular complexity index is 375. The van der Waals surface area contributed by atoms with E-state index in [0.717, 1.165) is 0 Å². The van der Waals surface area contributed by atoms with Crippen LogP contribution >= 0.6 is 0 Å². The van der Waals surface area contributed by atoms with Gasteiger partial charge in [0.25, 0.3) is 0 Å². The molecular formula is C10H12N2O4. The summed E-state index contributed by atoms with van der Waals surface area (Å²) in [5.74, 6) is -0.734. The second kappa shape index (κ2) is 5.79. The molecule has 0 aromatic carbocycles. The summed E-state index contributed by atoms with van der Waals surface area (Å²) in [7, 11) is 0. The minimum atomic E-state index is -0.860. The molecule has 0 aliphatic rings. The van der Waals surface area contributed by atoms with Gasteiger partial charge in [-0.2, -0.15) is 0 Å². The lowest BCUT2D eigenvalue weighted by Crippen LogP contribution is -2.04. The Balaban J connectivity index is 2.38. The van der Waals surface area contributed by atoms with Crippen molar-refractivity contribution in [3.05, 3.63) is 18.1 Å². The summed E-state index contributed by atoms with van der Waals surface area (Å²) in [6.07, 6.45) is 3.14. The summed E-state index contributed by atoms with van der Waals surface area (Å²) in [6.45, 7) is 1.66. The number of nitrogens with zero attached hydrogens (tertiary/aromatic N) is 2. The van der Waals surface area contributed by atoms with Crippen molar-refractivity contribution in [1.82, 2.24) is 9.97 Å². The topological polar surface area (TPSA) is 89.4 Å². The Hall–Kier alpha value is -1.98. The van der Waals surface area contributed by atoms with Crippen molar-refractivity contribution in [2.24, 2.45) is 0 Å². The van der Waals surface area contributed by atoms with Crippen molar-refractivity contribution >= 4 is 11.8 Å². The van der Waals surface area contributed by atoms with Gasteiger partial charge in [0.1, 0.15) is 5.69 Å². The van der Waals surface area contributed by atoms with Crippen molar-refractivity contribution < 1.29 is 19.4 Å². The van der Waals surface area contributed by atoms with Crippen LogP contribution in [0.15, 0.2) is 12.4 Å². The van der Waals surface area contributed by atoms with E-state index in [4.69, 9.17) is 9.84 Å². The average Bonchev–Trinajstić information content (AvgIpc) is 2.25. The Morgan fingerprint density at radius 3 is 2.62 bits per heavy atom. The molecule has 0 aliphatic heterocycles. The highest BCUT2D eigenvalue weighted by molar-refractivity contribution is 5.91. The third kappa shape index (κ3) is 4.04. The lowest BCUT2D eigenvalue weighted by atomic mass is 10.3. The molecule has 1 aromatic rings. The molecule has 0 amide bonds. The van der Waals surface area contributed by atoms with Crippen molar-refractivity contribution in [2.75, 3.05) is 6.61 Å². The summed E-state index contributed by atoms with van der Waals surface area (Å²) in [6, 6.07) is 0. The first-order valence-electron chi connectivity index (χ1n) is 4.77. The smallest absolute Gasteiger partial charge is 0.303 e. The molecule has 0 aliphatic carbocycles. The van der Waals surface area contributed by atoms with Gasteiger partial charge in [0.15, 0.2) is 5.78 Å². The van der Waals surface area contributed by atoms with Crippen LogP contribution in [-0.4, -0.2) is 33.4 Å². The first-order valence-corrected chi connectivity index (χ1v) is 4.77. The van der Waals surface area contributed by atoms with E-state index in [-0.39, 0.29) is 30.4 Å². The highest BCUT2D eigenvalue weighted by atomic mass is 16.5. The number of rotatable bonds is 6. The van der Waals surface area contributed by atoms with Crippen molar-refractivity contribution in [3.63, 3.8) is 0 Å². The van der Waals surface area contributed by atoms with Gasteiger partial charge in [-0.05, 0) is 6.42 Å². The molecule has 0 spiro atoms. The number of aliphatic carboxylic acids is 1. The molecule has 6 nitrogen and oxygen atoms in total. The molecular weight excluding hydrogens is 212 g/mol. The number of aromatic nitrogens is 2. The van der Waals surface area contributed by atoms with Gasteiger partial charge in [-0.15, -0.1) is 0 Å². The predicted molar refractivity (Wildman–Crippen MR) is 54.4 cm³/mol. The summed E-state index contributed by atoms with van der Waals surface area (Å²) >= 11 is 0. The number of carboxylic acids is 1. The van der Waals surface area contributed by atoms with Crippen LogP contribution in [0.4, 0.5) is 0 Å². The van der Waals surface area contributed by atoms with Gasteiger partial charge in [-0.3, -0.25) is 9.59 Å². The summed E-state index contributed by atoms with van der Waals surface area (Å²) in [4.78, 5) is 28.8. The van der Waals surface area contributed by atoms with E-state index in [0.29, 0.717) is 6.42 Å². The number of carbonyl (C=O) groups excluding carboxylic acids is 1. The van der Waals surface area contributed by atoms with E-state index in [9.17, 15) is 9.59 Å². The van der Waals surface area contributed by atoms with Crippen LogP contribution in [0.2, 0.25) is 0 Å². The van der Waals surface area contributed by atoms with Crippen LogP contribution < -0.4 is 4.74 Å². The summed E-state index contributed by atoms with van der Waals surface area (Å²) in [5, 5.41) is 8.39. The second-order valence-electron chi connectivity index (χ2n) is 3.14. The highest BCUT2D eigenvalue weighted by Gasteiger charge is 2.03. The fourth-order valence-electron chi connectivity index (χ4n) is 0.973. The molecule has 6 heteroatoms. The van der Waals surface area contributed by atoms with E-state index >= 15 is 0 Å². The van der Waals surface area contributed by atoms with Gasteiger partial charge in [0.2, 0.25) is 5.88 Å². The summed E-state index contributed by atoms with van der Waals surface area (Å²) in [5.41, 5.74) is 0.276. The predicted octanol–water partition coefficient (Wildman–Crippen LogP) is 0.923. The lowest BCUT2D eigenvalue weighted by molar-refractivity contribution is -0.137. The summed E-state index contributed by atoms with van der Waals surface area (Å²) < 4.78 is 5.14. The van der Waals surface area contributed by atoms with Crippen LogP contribution in [-0.2, 0) is 4.79 Å². The normalized spacial score (nSPS) is 9.81. The lowest BCUT2D eigenvalue weighted by Gasteiger charge is -2.03. The average molecular weight is 224 g/mol. The third-order valence-corrected chi connectivity index (χ3v) is 1.77. The van der Waals surface area contributed by atoms with Crippen LogP contribution in [0, 0.1) is 0 Å². The van der Waals surface area contributed by atoms with Gasteiger partial charge >= 0.3 is 5.97 Å². The number of carboxylic acid groups (broad SMARTS) is 1. The second-order valence-corrected chi connectivity index (χ2v) is 3.14. The van der Waals surface area contributed by atoms with Crippen molar-refractivity contribution in [2.45, 2.75) is 19.8 Å². The van der Waals surface area contributed by atoms with E-state index in [1.807, 2.05) is 0 Å². The van der Waals surface area contributed by atoms with Gasteiger partial charge in [-0.1, -0.05) is 0 Å². The van der Waals surface area contributed by atoms with E-state index in [1.165, 1.54) is 19.3 Å². The Kier molecular flexibility index (Phi) is 4.38. The molecule has 1 N–H and O–H groups in total. The van der Waals surface area contributed by atoms with E-state index in [2.05, 4.69) is 9.97 Å². The molecule has 1 heterocycles. The first-order chi connectivity index (χ1) is 7.59. The van der Waals surface area contributed by atoms with Crippen LogP contribution in [0.1, 0.15) is 30.3 Å². The maximum Gasteiger partial charge on any atom is 0.303 e. The van der Waals surface area contributed by atoms with Crippen LogP contribution in [0.25, 0.3) is 0 Å². The number of hydrogen-bond acceptors (Lipinski definition) is 5. The fraction of sp³-hybridized carbons (Fsp3) is 0.400. The Morgan fingerprint density at radius 2 is 2.12 bits per heavy atom. The molecule has 0 bridgehead atoms. The molecule has 0 saturated heterocycles. The maximum absolute atomic E-state index is 10.9. The van der Waals surface area contributed by atoms with Crippen molar-refractivity contribution in [3.8, 4) is 5.88 Å². The number of ether oxygens (including phenoxy) is 1. The van der Waals surface area contributed by atoms with Gasteiger partial charge in [-0.25, -0.2) is 9.97 Å². The molecule has 86 valence electrons. The molecule has 1 aromatic heterocycles. The molecule has 1 rings (SSSR count). The van der Waals surface area contributed by atoms with Crippen molar-refractivity contribution in [1.29, 1.82) is 0 Å². The fourth-order valence-corrected chi connectivity index (χ4v) is 0.973. The van der Waals surface area contributed by atoms with Gasteiger partial charge in [0, 0.05) is 13.3 Å². The zero-order valence-corrected chi connectivity index (χ0v) is 8.84. The molecule has 0 saturated carbocycles. The monoisotopic (exact) mass is 224 g/mol. The minimum absolute atomic E-state index is 0.0545. The molecule has 0 unspecified atom stereocenters. The quantitative estimate of drug-likeness (QED) is 0.571. The van der Waals surface area contributed by atoms with Crippen LogP contribution in [0.5, 0.6) is 5.88 Å². The largest absolute Gasteiger partial charge is 0.481 e. The zero-order valence-electron chi connectivity index (χ0n) is 8.84. The number of Topliss-reactive ketones (excluding diaryl/α,β-unsaturated/α-hetero) is 1. The Morgan fingerprint density at radius 1 is 1.38 bits per heavy atom. The molecule has 16 heavy (non-hydrogen) atoms. The minimum Gasteiger partial charge on any atom is -0.481 e. The van der Waals surface area contributed by atoms with Gasteiger partial charge in [0.05, 0.1) is 19.0 Å². The third-order valence-electron chi connectivity index (χ3n) is 1.77.